The first-order valence-corrected chi connectivity index (χ1v) is 5.23. The lowest BCUT2D eigenvalue weighted by molar-refractivity contribution is 0.0510. The van der Waals surface area contributed by atoms with Crippen molar-refractivity contribution in [3.05, 3.63) is 15.5 Å². The molecule has 0 aliphatic carbocycles. The van der Waals surface area contributed by atoms with Gasteiger partial charge in [0.05, 0.1) is 22.9 Å². The molecule has 0 bridgehead atoms. The van der Waals surface area contributed by atoms with Crippen LogP contribution in [0.2, 0.25) is 0 Å². The third kappa shape index (κ3) is 2.43. The number of halogens is 2. The Labute approximate surface area is 94.6 Å². The highest BCUT2D eigenvalue weighted by Gasteiger charge is 2.17. The van der Waals surface area contributed by atoms with Crippen molar-refractivity contribution in [3.63, 3.8) is 0 Å². The van der Waals surface area contributed by atoms with Crippen molar-refractivity contribution < 1.29 is 13.9 Å². The minimum absolute atomic E-state index is 0.0805. The molecule has 0 atom stereocenters. The monoisotopic (exact) mass is 312 g/mol. The molecule has 1 rings (SSSR count). The van der Waals surface area contributed by atoms with Crippen LogP contribution in [0.5, 0.6) is 0 Å². The van der Waals surface area contributed by atoms with Crippen LogP contribution in [-0.4, -0.2) is 29.0 Å². The van der Waals surface area contributed by atoms with Gasteiger partial charge in [0, 0.05) is 0 Å². The molecule has 0 amide bonds. The first-order chi connectivity index (χ1) is 6.70. The molecule has 0 aliphatic rings. The van der Waals surface area contributed by atoms with E-state index in [9.17, 15) is 9.18 Å². The van der Waals surface area contributed by atoms with E-state index in [0.717, 1.165) is 0 Å². The van der Waals surface area contributed by atoms with E-state index in [-0.39, 0.29) is 6.54 Å². The maximum Gasteiger partial charge on any atom is 0.357 e. The summed E-state index contributed by atoms with van der Waals surface area (Å²) in [4.78, 5) is 11.4. The van der Waals surface area contributed by atoms with E-state index in [2.05, 4.69) is 5.10 Å². The molecule has 0 radical (unpaired) electrons. The summed E-state index contributed by atoms with van der Waals surface area (Å²) < 4.78 is 18.9. The fourth-order valence-corrected chi connectivity index (χ4v) is 1.64. The molecule has 4 nitrogen and oxygen atoms in total. The lowest BCUT2D eigenvalue weighted by Gasteiger charge is -2.04. The molecule has 1 aromatic rings. The van der Waals surface area contributed by atoms with Gasteiger partial charge in [-0.3, -0.25) is 4.68 Å². The molecule has 0 saturated heterocycles. The van der Waals surface area contributed by atoms with Crippen LogP contribution in [0.4, 0.5) is 4.39 Å². The van der Waals surface area contributed by atoms with Crippen molar-refractivity contribution in [1.82, 2.24) is 9.78 Å². The van der Waals surface area contributed by atoms with Crippen molar-refractivity contribution >= 4 is 28.6 Å². The average Bonchev–Trinajstić information content (AvgIpc) is 2.48. The van der Waals surface area contributed by atoms with E-state index in [4.69, 9.17) is 4.74 Å². The predicted octanol–water partition coefficient (Wildman–Crippen LogP) is 1.63. The average molecular weight is 312 g/mol. The number of alkyl halides is 1. The number of aromatic nitrogens is 2. The molecular weight excluding hydrogens is 302 g/mol. The Balaban J connectivity index is 2.92. The molecule has 14 heavy (non-hydrogen) atoms. The number of carbonyl (C=O) groups excluding carboxylic acids is 1. The topological polar surface area (TPSA) is 44.1 Å². The molecule has 0 unspecified atom stereocenters. The van der Waals surface area contributed by atoms with Crippen LogP contribution in [-0.2, 0) is 11.3 Å². The lowest BCUT2D eigenvalue weighted by atomic mass is 10.4. The third-order valence-electron chi connectivity index (χ3n) is 1.56. The molecule has 1 aromatic heterocycles. The molecule has 0 aromatic carbocycles. The number of nitrogens with zero attached hydrogens (tertiary/aromatic N) is 2. The van der Waals surface area contributed by atoms with Crippen LogP contribution in [0.15, 0.2) is 6.20 Å². The highest BCUT2D eigenvalue weighted by atomic mass is 127. The van der Waals surface area contributed by atoms with E-state index < -0.39 is 12.6 Å². The van der Waals surface area contributed by atoms with E-state index >= 15 is 0 Å². The molecule has 0 N–H and O–H groups in total. The summed E-state index contributed by atoms with van der Waals surface area (Å²) in [5.41, 5.74) is 0.324. The summed E-state index contributed by atoms with van der Waals surface area (Å²) in [7, 11) is 0. The largest absolute Gasteiger partial charge is 0.461 e. The number of esters is 1. The number of rotatable bonds is 4. The van der Waals surface area contributed by atoms with Crippen LogP contribution in [0, 0.1) is 3.57 Å². The van der Waals surface area contributed by atoms with Crippen molar-refractivity contribution in [2.45, 2.75) is 13.5 Å². The summed E-state index contributed by atoms with van der Waals surface area (Å²) in [6.07, 6.45) is 1.52. The Bertz CT molecular complexity index is 327. The number of aryl methyl sites for hydroxylation is 1. The molecule has 1 heterocycles. The van der Waals surface area contributed by atoms with Gasteiger partial charge in [0.25, 0.3) is 0 Å². The lowest BCUT2D eigenvalue weighted by Crippen LogP contribution is -2.15. The highest BCUT2D eigenvalue weighted by Crippen LogP contribution is 2.12. The van der Waals surface area contributed by atoms with Gasteiger partial charge in [-0.1, -0.05) is 0 Å². The van der Waals surface area contributed by atoms with E-state index in [1.807, 2.05) is 22.6 Å². The highest BCUT2D eigenvalue weighted by molar-refractivity contribution is 14.1. The number of hydrogen-bond donors (Lipinski definition) is 0. The minimum atomic E-state index is -0.551. The normalized spacial score (nSPS) is 10.2. The molecule has 0 fully saturated rings. The van der Waals surface area contributed by atoms with Crippen molar-refractivity contribution in [2.75, 3.05) is 13.3 Å². The number of hydrogen-bond acceptors (Lipinski definition) is 3. The quantitative estimate of drug-likeness (QED) is 0.627. The standard InChI is InChI=1S/C8H10FIN2O2/c1-2-14-8(13)7-6(10)5-11-12(7)4-3-9/h5H,2-4H2,1H3. The fraction of sp³-hybridized carbons (Fsp3) is 0.500. The van der Waals surface area contributed by atoms with Gasteiger partial charge < -0.3 is 4.74 Å². The Morgan fingerprint density at radius 2 is 2.50 bits per heavy atom. The van der Waals surface area contributed by atoms with Gasteiger partial charge in [-0.25, -0.2) is 9.18 Å². The Morgan fingerprint density at radius 1 is 1.79 bits per heavy atom. The van der Waals surface area contributed by atoms with E-state index in [1.165, 1.54) is 10.9 Å². The van der Waals surface area contributed by atoms with Gasteiger partial charge in [-0.05, 0) is 29.5 Å². The zero-order valence-electron chi connectivity index (χ0n) is 7.67. The number of ether oxygens (including phenoxy) is 1. The third-order valence-corrected chi connectivity index (χ3v) is 2.35. The van der Waals surface area contributed by atoms with Gasteiger partial charge >= 0.3 is 5.97 Å². The first-order valence-electron chi connectivity index (χ1n) is 4.15. The Kier molecular flexibility index (Phi) is 4.30. The van der Waals surface area contributed by atoms with Crippen LogP contribution in [0.25, 0.3) is 0 Å². The van der Waals surface area contributed by atoms with E-state index in [0.29, 0.717) is 15.9 Å². The van der Waals surface area contributed by atoms with Crippen LogP contribution < -0.4 is 0 Å². The maximum atomic E-state index is 12.1. The second-order valence-electron chi connectivity index (χ2n) is 2.47. The summed E-state index contributed by atoms with van der Waals surface area (Å²) in [6, 6.07) is 0. The maximum absolute atomic E-state index is 12.1. The second-order valence-corrected chi connectivity index (χ2v) is 3.64. The SMILES string of the molecule is CCOC(=O)c1c(I)cnn1CCF. The number of carbonyl (C=O) groups is 1. The molecule has 78 valence electrons. The first kappa shape index (κ1) is 11.4. The zero-order chi connectivity index (χ0) is 10.6. The zero-order valence-corrected chi connectivity index (χ0v) is 9.82. The van der Waals surface area contributed by atoms with Gasteiger partial charge in [-0.15, -0.1) is 0 Å². The van der Waals surface area contributed by atoms with Gasteiger partial charge in [0.1, 0.15) is 6.67 Å². The summed E-state index contributed by atoms with van der Waals surface area (Å²) in [6.45, 7) is 1.55. The van der Waals surface area contributed by atoms with E-state index in [1.54, 1.807) is 6.92 Å². The molecule has 0 spiro atoms. The van der Waals surface area contributed by atoms with Gasteiger partial charge in [-0.2, -0.15) is 5.10 Å². The smallest absolute Gasteiger partial charge is 0.357 e. The fourth-order valence-electron chi connectivity index (χ4n) is 1.01. The minimum Gasteiger partial charge on any atom is -0.461 e. The summed E-state index contributed by atoms with van der Waals surface area (Å²) >= 11 is 1.97. The van der Waals surface area contributed by atoms with Crippen LogP contribution >= 0.6 is 22.6 Å². The second kappa shape index (κ2) is 5.28. The molecule has 0 saturated carbocycles. The molecule has 6 heteroatoms. The van der Waals surface area contributed by atoms with Crippen LogP contribution in [0.3, 0.4) is 0 Å². The van der Waals surface area contributed by atoms with Crippen molar-refractivity contribution in [3.8, 4) is 0 Å². The van der Waals surface area contributed by atoms with Crippen molar-refractivity contribution in [1.29, 1.82) is 0 Å². The predicted molar refractivity (Wildman–Crippen MR) is 56.9 cm³/mol. The summed E-state index contributed by atoms with van der Waals surface area (Å²) in [5, 5.41) is 3.88. The Morgan fingerprint density at radius 3 is 3.07 bits per heavy atom. The summed E-state index contributed by atoms with van der Waals surface area (Å²) in [5.74, 6) is -0.456. The van der Waals surface area contributed by atoms with Crippen LogP contribution in [0.1, 0.15) is 17.4 Å². The van der Waals surface area contributed by atoms with Crippen molar-refractivity contribution in [2.24, 2.45) is 0 Å². The molecule has 0 aliphatic heterocycles. The van der Waals surface area contributed by atoms with Gasteiger partial charge in [0.2, 0.25) is 0 Å². The van der Waals surface area contributed by atoms with Gasteiger partial charge in [0.15, 0.2) is 5.69 Å². The Hall–Kier alpha value is -0.660. The molecular formula is C8H10FIN2O2.